The first-order chi connectivity index (χ1) is 9.77. The Morgan fingerprint density at radius 3 is 2.55 bits per heavy atom. The van der Waals surface area contributed by atoms with Gasteiger partial charge in [-0.05, 0) is 24.3 Å². The number of rotatable bonds is 1. The molecular weight excluding hydrogens is 254 g/mol. The van der Waals surface area contributed by atoms with Crippen LogP contribution in [0.25, 0.3) is 22.5 Å². The van der Waals surface area contributed by atoms with Crippen molar-refractivity contribution in [3.8, 4) is 17.2 Å². The van der Waals surface area contributed by atoms with Crippen molar-refractivity contribution in [1.82, 2.24) is 14.0 Å². The molecule has 0 radical (unpaired) electrons. The molecule has 0 fully saturated rings. The first-order valence-corrected chi connectivity index (χ1v) is 6.21. The Morgan fingerprint density at radius 2 is 1.70 bits per heavy atom. The summed E-state index contributed by atoms with van der Waals surface area (Å²) >= 11 is 0. The van der Waals surface area contributed by atoms with Gasteiger partial charge < -0.3 is 10.2 Å². The minimum Gasteiger partial charge on any atom is -0.504 e. The number of hydrogen-bond acceptors (Lipinski definition) is 3. The molecule has 4 rings (SSSR count). The summed E-state index contributed by atoms with van der Waals surface area (Å²) in [7, 11) is 0. The number of phenolic OH excluding ortho intramolecular Hbond substituents is 2. The fourth-order valence-corrected chi connectivity index (χ4v) is 2.55. The summed E-state index contributed by atoms with van der Waals surface area (Å²) in [6, 6.07) is 12.7. The Bertz CT molecular complexity index is 937. The molecular formula is C15H11N3O2. The third-order valence-electron chi connectivity index (χ3n) is 3.44. The number of aromatic nitrogens is 3. The molecule has 0 atom stereocenters. The number of benzene rings is 2. The van der Waals surface area contributed by atoms with Gasteiger partial charge >= 0.3 is 0 Å². The predicted octanol–water partition coefficient (Wildman–Crippen LogP) is 2.69. The van der Waals surface area contributed by atoms with E-state index in [4.69, 9.17) is 0 Å². The molecule has 0 spiro atoms. The molecule has 4 aromatic rings. The highest BCUT2D eigenvalue weighted by Gasteiger charge is 2.16. The van der Waals surface area contributed by atoms with E-state index in [1.54, 1.807) is 18.3 Å². The van der Waals surface area contributed by atoms with Crippen LogP contribution in [-0.2, 0) is 0 Å². The highest BCUT2D eigenvalue weighted by molar-refractivity contribution is 5.84. The first kappa shape index (κ1) is 10.9. The van der Waals surface area contributed by atoms with Crippen molar-refractivity contribution in [3.63, 3.8) is 0 Å². The van der Waals surface area contributed by atoms with Gasteiger partial charge in [-0.1, -0.05) is 18.2 Å². The fraction of sp³-hybridized carbons (Fsp3) is 0. The van der Waals surface area contributed by atoms with Crippen LogP contribution in [0.1, 0.15) is 0 Å². The molecule has 0 saturated heterocycles. The summed E-state index contributed by atoms with van der Waals surface area (Å²) in [5.74, 6) is 0.385. The number of phenols is 2. The average Bonchev–Trinajstić information content (AvgIpc) is 3.03. The maximum Gasteiger partial charge on any atom is 0.219 e. The third-order valence-corrected chi connectivity index (χ3v) is 3.44. The Morgan fingerprint density at radius 1 is 0.900 bits per heavy atom. The second-order valence-corrected chi connectivity index (χ2v) is 4.57. The molecule has 5 nitrogen and oxygen atoms in total. The van der Waals surface area contributed by atoms with Crippen LogP contribution < -0.4 is 0 Å². The van der Waals surface area contributed by atoms with Crippen LogP contribution in [-0.4, -0.2) is 24.2 Å². The molecule has 0 aliphatic rings. The van der Waals surface area contributed by atoms with Crippen molar-refractivity contribution in [2.24, 2.45) is 0 Å². The molecule has 2 N–H and O–H groups in total. The van der Waals surface area contributed by atoms with Crippen molar-refractivity contribution >= 4 is 16.8 Å². The largest absolute Gasteiger partial charge is 0.504 e. The van der Waals surface area contributed by atoms with E-state index in [1.165, 1.54) is 6.07 Å². The van der Waals surface area contributed by atoms with Crippen molar-refractivity contribution in [3.05, 3.63) is 54.9 Å². The van der Waals surface area contributed by atoms with E-state index in [-0.39, 0.29) is 11.5 Å². The van der Waals surface area contributed by atoms with E-state index < -0.39 is 0 Å². The summed E-state index contributed by atoms with van der Waals surface area (Å²) in [5, 5.41) is 19.8. The van der Waals surface area contributed by atoms with Gasteiger partial charge in [0, 0.05) is 12.4 Å². The summed E-state index contributed by atoms with van der Waals surface area (Å²) in [6.45, 7) is 0. The van der Waals surface area contributed by atoms with Crippen LogP contribution in [0, 0.1) is 0 Å². The van der Waals surface area contributed by atoms with Crippen molar-refractivity contribution < 1.29 is 10.2 Å². The summed E-state index contributed by atoms with van der Waals surface area (Å²) < 4.78 is 3.77. The van der Waals surface area contributed by atoms with Crippen LogP contribution in [0.3, 0.4) is 0 Å². The van der Waals surface area contributed by atoms with E-state index in [9.17, 15) is 10.2 Å². The Labute approximate surface area is 114 Å². The molecule has 0 unspecified atom stereocenters. The average molecular weight is 265 g/mol. The topological polar surface area (TPSA) is 62.7 Å². The molecule has 5 heteroatoms. The van der Waals surface area contributed by atoms with Crippen LogP contribution in [0.15, 0.2) is 54.9 Å². The molecule has 2 aromatic carbocycles. The standard InChI is InChI=1S/C15H11N3O2/c19-13-7-3-6-12(14(13)20)18-11-5-2-1-4-10(11)17-9-8-16-15(17)18/h1-9,19-20H. The number of hydrogen-bond donors (Lipinski definition) is 2. The number of fused-ring (bicyclic) bond motifs is 3. The molecule has 98 valence electrons. The minimum atomic E-state index is -0.154. The van der Waals surface area contributed by atoms with Gasteiger partial charge in [-0.25, -0.2) is 4.98 Å². The monoisotopic (exact) mass is 265 g/mol. The number of para-hydroxylation sites is 3. The van der Waals surface area contributed by atoms with E-state index in [0.717, 1.165) is 11.0 Å². The summed E-state index contributed by atoms with van der Waals surface area (Å²) in [6.07, 6.45) is 3.58. The lowest BCUT2D eigenvalue weighted by Crippen LogP contribution is -1.95. The molecule has 0 aliphatic carbocycles. The molecule has 0 aliphatic heterocycles. The van der Waals surface area contributed by atoms with E-state index >= 15 is 0 Å². The van der Waals surface area contributed by atoms with Crippen molar-refractivity contribution in [2.45, 2.75) is 0 Å². The third kappa shape index (κ3) is 1.29. The van der Waals surface area contributed by atoms with Gasteiger partial charge in [-0.2, -0.15) is 0 Å². The first-order valence-electron chi connectivity index (χ1n) is 6.21. The van der Waals surface area contributed by atoms with Crippen molar-refractivity contribution in [2.75, 3.05) is 0 Å². The Hall–Kier alpha value is -2.95. The highest BCUT2D eigenvalue weighted by Crippen LogP contribution is 2.34. The van der Waals surface area contributed by atoms with E-state index in [0.29, 0.717) is 11.5 Å². The summed E-state index contributed by atoms with van der Waals surface area (Å²) in [5.41, 5.74) is 2.40. The molecule has 0 amide bonds. The molecule has 20 heavy (non-hydrogen) atoms. The Kier molecular flexibility index (Phi) is 2.06. The maximum absolute atomic E-state index is 10.1. The molecule has 0 bridgehead atoms. The number of aromatic hydroxyl groups is 2. The van der Waals surface area contributed by atoms with Crippen LogP contribution in [0.4, 0.5) is 0 Å². The van der Waals surface area contributed by atoms with Gasteiger partial charge in [-0.3, -0.25) is 8.97 Å². The lowest BCUT2D eigenvalue weighted by molar-refractivity contribution is 0.402. The van der Waals surface area contributed by atoms with Gasteiger partial charge in [0.1, 0.15) is 0 Å². The lowest BCUT2D eigenvalue weighted by atomic mass is 10.2. The zero-order valence-electron chi connectivity index (χ0n) is 10.4. The van der Waals surface area contributed by atoms with Gasteiger partial charge in [-0.15, -0.1) is 0 Å². The van der Waals surface area contributed by atoms with Crippen LogP contribution >= 0.6 is 0 Å². The van der Waals surface area contributed by atoms with Gasteiger partial charge in [0.05, 0.1) is 16.7 Å². The van der Waals surface area contributed by atoms with Gasteiger partial charge in [0.25, 0.3) is 0 Å². The molecule has 2 aromatic heterocycles. The van der Waals surface area contributed by atoms with Gasteiger partial charge in [0.15, 0.2) is 11.5 Å². The highest BCUT2D eigenvalue weighted by atomic mass is 16.3. The smallest absolute Gasteiger partial charge is 0.219 e. The maximum atomic E-state index is 10.1. The zero-order valence-corrected chi connectivity index (χ0v) is 10.4. The normalized spacial score (nSPS) is 11.4. The fourth-order valence-electron chi connectivity index (χ4n) is 2.55. The number of imidazole rings is 2. The quantitative estimate of drug-likeness (QED) is 0.520. The summed E-state index contributed by atoms with van der Waals surface area (Å²) in [4.78, 5) is 4.34. The SMILES string of the molecule is Oc1cccc(-n2c3ccccc3n3ccnc23)c1O. The minimum absolute atomic E-state index is 0.148. The van der Waals surface area contributed by atoms with E-state index in [1.807, 2.05) is 39.4 Å². The molecule has 2 heterocycles. The van der Waals surface area contributed by atoms with Crippen LogP contribution in [0.5, 0.6) is 11.5 Å². The Balaban J connectivity index is 2.21. The lowest BCUT2D eigenvalue weighted by Gasteiger charge is -2.08. The van der Waals surface area contributed by atoms with Crippen LogP contribution in [0.2, 0.25) is 0 Å². The second kappa shape index (κ2) is 3.77. The second-order valence-electron chi connectivity index (χ2n) is 4.57. The zero-order chi connectivity index (χ0) is 13.7. The number of nitrogens with zero attached hydrogens (tertiary/aromatic N) is 3. The van der Waals surface area contributed by atoms with Crippen molar-refractivity contribution in [1.29, 1.82) is 0 Å². The predicted molar refractivity (Wildman–Crippen MR) is 75.4 cm³/mol. The van der Waals surface area contributed by atoms with E-state index in [2.05, 4.69) is 4.98 Å². The molecule has 0 saturated carbocycles. The van der Waals surface area contributed by atoms with Gasteiger partial charge in [0.2, 0.25) is 5.78 Å².